The first-order valence-electron chi connectivity index (χ1n) is 10.4. The molecule has 0 aromatic rings. The van der Waals surface area contributed by atoms with E-state index in [0.717, 1.165) is 0 Å². The van der Waals surface area contributed by atoms with Crippen LogP contribution >= 0.6 is 12.6 Å². The lowest BCUT2D eigenvalue weighted by Crippen LogP contribution is -2.59. The van der Waals surface area contributed by atoms with Crippen molar-refractivity contribution in [1.82, 2.24) is 16.0 Å². The van der Waals surface area contributed by atoms with Crippen LogP contribution in [-0.4, -0.2) is 58.7 Å². The zero-order valence-electron chi connectivity index (χ0n) is 18.8. The summed E-state index contributed by atoms with van der Waals surface area (Å²) < 4.78 is 0. The normalized spacial score (nSPS) is 17.2. The number of carbonyl (C=O) groups is 4. The smallest absolute Gasteiger partial charge is 0.326 e. The van der Waals surface area contributed by atoms with E-state index < -0.39 is 47.9 Å². The van der Waals surface area contributed by atoms with Crippen molar-refractivity contribution >= 4 is 36.3 Å². The zero-order chi connectivity index (χ0) is 23.6. The summed E-state index contributed by atoms with van der Waals surface area (Å²) in [6, 6.07) is -3.77. The van der Waals surface area contributed by atoms with Gasteiger partial charge in [0.25, 0.3) is 0 Å². The van der Waals surface area contributed by atoms with Gasteiger partial charge in [-0.1, -0.05) is 54.4 Å². The largest absolute Gasteiger partial charge is 0.480 e. The summed E-state index contributed by atoms with van der Waals surface area (Å²) in [4.78, 5) is 49.3. The minimum absolute atomic E-state index is 0.0307. The van der Waals surface area contributed by atoms with E-state index in [9.17, 15) is 24.3 Å². The van der Waals surface area contributed by atoms with Gasteiger partial charge in [-0.25, -0.2) is 4.79 Å². The molecule has 6 unspecified atom stereocenters. The van der Waals surface area contributed by atoms with Gasteiger partial charge in [0.2, 0.25) is 17.7 Å². The molecule has 6 N–H and O–H groups in total. The Hall–Kier alpha value is -1.81. The van der Waals surface area contributed by atoms with Crippen LogP contribution in [0.4, 0.5) is 0 Å². The molecule has 0 spiro atoms. The van der Waals surface area contributed by atoms with Crippen LogP contribution < -0.4 is 21.7 Å². The number of thiol groups is 1. The average molecular weight is 447 g/mol. The van der Waals surface area contributed by atoms with E-state index >= 15 is 0 Å². The van der Waals surface area contributed by atoms with E-state index in [0.29, 0.717) is 12.8 Å². The second kappa shape index (κ2) is 13.5. The number of aliphatic carboxylic acids is 1. The maximum absolute atomic E-state index is 12.9. The highest BCUT2D eigenvalue weighted by atomic mass is 32.1. The number of nitrogens with one attached hydrogen (secondary N) is 3. The van der Waals surface area contributed by atoms with E-state index in [4.69, 9.17) is 5.73 Å². The Morgan fingerprint density at radius 2 is 1.30 bits per heavy atom. The molecule has 3 amide bonds. The van der Waals surface area contributed by atoms with Gasteiger partial charge >= 0.3 is 5.97 Å². The molecule has 0 heterocycles. The third-order valence-corrected chi connectivity index (χ3v) is 5.77. The monoisotopic (exact) mass is 446 g/mol. The Labute approximate surface area is 184 Å². The first-order chi connectivity index (χ1) is 13.9. The van der Waals surface area contributed by atoms with Gasteiger partial charge in [-0.05, 0) is 17.8 Å². The van der Waals surface area contributed by atoms with Gasteiger partial charge in [0.05, 0.1) is 6.04 Å². The van der Waals surface area contributed by atoms with Crippen molar-refractivity contribution < 1.29 is 24.3 Å². The highest BCUT2D eigenvalue weighted by molar-refractivity contribution is 7.80. The Bertz CT molecular complexity index is 602. The summed E-state index contributed by atoms with van der Waals surface area (Å²) in [6.07, 6.45) is 1.18. The van der Waals surface area contributed by atoms with Gasteiger partial charge in [-0.15, -0.1) is 0 Å². The summed E-state index contributed by atoms with van der Waals surface area (Å²) in [5.74, 6) is -3.39. The van der Waals surface area contributed by atoms with Crippen LogP contribution in [0.1, 0.15) is 54.4 Å². The predicted molar refractivity (Wildman–Crippen MR) is 119 cm³/mol. The number of hydrogen-bond donors (Lipinski definition) is 6. The molecule has 0 aliphatic carbocycles. The van der Waals surface area contributed by atoms with Gasteiger partial charge in [0, 0.05) is 5.75 Å². The number of nitrogens with two attached hydrogens (primary N) is 1. The van der Waals surface area contributed by atoms with Crippen molar-refractivity contribution in [3.8, 4) is 0 Å². The minimum Gasteiger partial charge on any atom is -0.480 e. The summed E-state index contributed by atoms with van der Waals surface area (Å²) in [6.45, 7) is 10.8. The van der Waals surface area contributed by atoms with E-state index in [1.54, 1.807) is 20.8 Å². The molecule has 0 bridgehead atoms. The second-order valence-corrected chi connectivity index (χ2v) is 8.46. The molecule has 6 atom stereocenters. The standard InChI is InChI=1S/C20H38N4O5S/c1-7-11(5)15(23-18(26)14(21)10(3)4)19(27)22-13(9-30)17(25)24-16(20(28)29)12(6)8-2/h10-16,30H,7-9,21H2,1-6H3,(H,22,27)(H,23,26)(H,24,25)(H,28,29). The molecule has 9 nitrogen and oxygen atoms in total. The molecule has 0 aliphatic heterocycles. The predicted octanol–water partition coefficient (Wildman–Crippen LogP) is 0.531. The maximum Gasteiger partial charge on any atom is 0.326 e. The molecule has 30 heavy (non-hydrogen) atoms. The Kier molecular flexibility index (Phi) is 12.7. The summed E-state index contributed by atoms with van der Waals surface area (Å²) in [5.41, 5.74) is 5.87. The molecular weight excluding hydrogens is 408 g/mol. The summed E-state index contributed by atoms with van der Waals surface area (Å²) in [5, 5.41) is 17.1. The van der Waals surface area contributed by atoms with Crippen LogP contribution in [0.2, 0.25) is 0 Å². The molecular formula is C20H38N4O5S. The zero-order valence-corrected chi connectivity index (χ0v) is 19.7. The molecule has 0 aromatic heterocycles. The molecule has 0 saturated carbocycles. The number of carboxylic acids is 1. The number of carbonyl (C=O) groups excluding carboxylic acids is 3. The van der Waals surface area contributed by atoms with Crippen LogP contribution in [0.3, 0.4) is 0 Å². The lowest BCUT2D eigenvalue weighted by molar-refractivity contribution is -0.143. The van der Waals surface area contributed by atoms with Crippen molar-refractivity contribution in [2.45, 2.75) is 78.6 Å². The van der Waals surface area contributed by atoms with E-state index in [2.05, 4.69) is 28.6 Å². The lowest BCUT2D eigenvalue weighted by atomic mass is 9.96. The number of rotatable bonds is 13. The molecule has 0 radical (unpaired) electrons. The quantitative estimate of drug-likeness (QED) is 0.227. The number of amides is 3. The molecule has 0 aliphatic rings. The molecule has 174 valence electrons. The highest BCUT2D eigenvalue weighted by Crippen LogP contribution is 2.11. The van der Waals surface area contributed by atoms with Crippen molar-refractivity contribution in [2.24, 2.45) is 23.5 Å². The number of carboxylic acid groups (broad SMARTS) is 1. The fourth-order valence-corrected chi connectivity index (χ4v) is 2.90. The number of hydrogen-bond acceptors (Lipinski definition) is 6. The van der Waals surface area contributed by atoms with Crippen LogP contribution in [0.25, 0.3) is 0 Å². The fraction of sp³-hybridized carbons (Fsp3) is 0.800. The van der Waals surface area contributed by atoms with Crippen LogP contribution in [0, 0.1) is 17.8 Å². The van der Waals surface area contributed by atoms with E-state index in [1.807, 2.05) is 20.8 Å². The fourth-order valence-electron chi connectivity index (χ4n) is 2.65. The lowest BCUT2D eigenvalue weighted by Gasteiger charge is -2.28. The minimum atomic E-state index is -1.14. The molecule has 0 rings (SSSR count). The third kappa shape index (κ3) is 8.51. The van der Waals surface area contributed by atoms with E-state index in [-0.39, 0.29) is 23.5 Å². The van der Waals surface area contributed by atoms with Gasteiger partial charge in [0.15, 0.2) is 0 Å². The second-order valence-electron chi connectivity index (χ2n) is 8.10. The summed E-state index contributed by atoms with van der Waals surface area (Å²) in [7, 11) is 0. The third-order valence-electron chi connectivity index (χ3n) is 5.41. The first kappa shape index (κ1) is 28.2. The Balaban J connectivity index is 5.35. The topological polar surface area (TPSA) is 151 Å². The maximum atomic E-state index is 12.9. The average Bonchev–Trinajstić information content (AvgIpc) is 2.71. The summed E-state index contributed by atoms with van der Waals surface area (Å²) >= 11 is 4.12. The highest BCUT2D eigenvalue weighted by Gasteiger charge is 2.33. The Morgan fingerprint density at radius 3 is 1.70 bits per heavy atom. The Morgan fingerprint density at radius 1 is 0.833 bits per heavy atom. The van der Waals surface area contributed by atoms with E-state index in [1.165, 1.54) is 0 Å². The van der Waals surface area contributed by atoms with Crippen LogP contribution in [-0.2, 0) is 19.2 Å². The van der Waals surface area contributed by atoms with Crippen molar-refractivity contribution in [2.75, 3.05) is 5.75 Å². The SMILES string of the molecule is CCC(C)C(NC(=O)C(CS)NC(=O)C(NC(=O)C(N)C(C)C)C(C)CC)C(=O)O. The van der Waals surface area contributed by atoms with Gasteiger partial charge < -0.3 is 26.8 Å². The molecule has 0 fully saturated rings. The van der Waals surface area contributed by atoms with Crippen molar-refractivity contribution in [1.29, 1.82) is 0 Å². The van der Waals surface area contributed by atoms with Gasteiger partial charge in [-0.2, -0.15) is 12.6 Å². The van der Waals surface area contributed by atoms with Gasteiger partial charge in [0.1, 0.15) is 18.1 Å². The molecule has 0 saturated heterocycles. The molecule has 0 aromatic carbocycles. The molecule has 10 heteroatoms. The van der Waals surface area contributed by atoms with Crippen LogP contribution in [0.15, 0.2) is 0 Å². The van der Waals surface area contributed by atoms with Crippen molar-refractivity contribution in [3.63, 3.8) is 0 Å². The van der Waals surface area contributed by atoms with Crippen LogP contribution in [0.5, 0.6) is 0 Å². The van der Waals surface area contributed by atoms with Gasteiger partial charge in [-0.3, -0.25) is 14.4 Å². The van der Waals surface area contributed by atoms with Crippen molar-refractivity contribution in [3.05, 3.63) is 0 Å². The first-order valence-corrected chi connectivity index (χ1v) is 11.0.